The Balaban J connectivity index is 2.00. The molecule has 0 aliphatic rings. The molecule has 1 N–H and O–H groups in total. The number of carboxylic acids is 1. The summed E-state index contributed by atoms with van der Waals surface area (Å²) in [5.74, 6) is -0.0699. The van der Waals surface area contributed by atoms with E-state index in [4.69, 9.17) is 4.74 Å². The highest BCUT2D eigenvalue weighted by Gasteiger charge is 2.13. The molecule has 0 bridgehead atoms. The van der Waals surface area contributed by atoms with Gasteiger partial charge < -0.3 is 9.84 Å². The Morgan fingerprint density at radius 3 is 2.05 bits per heavy atom. The lowest BCUT2D eigenvalue weighted by atomic mass is 10.0. The molecule has 3 aromatic carbocycles. The molecule has 0 atom stereocenters. The van der Waals surface area contributed by atoms with Crippen LogP contribution in [0.5, 0.6) is 11.5 Å². The summed E-state index contributed by atoms with van der Waals surface area (Å²) in [7, 11) is 0. The van der Waals surface area contributed by atoms with E-state index in [1.54, 1.807) is 24.3 Å². The molecule has 0 saturated heterocycles. The average Bonchev–Trinajstić information content (AvgIpc) is 2.57. The van der Waals surface area contributed by atoms with Gasteiger partial charge in [0, 0.05) is 0 Å². The molecule has 0 fully saturated rings. The lowest BCUT2D eigenvalue weighted by Crippen LogP contribution is -2.00. The first kappa shape index (κ1) is 13.9. The van der Waals surface area contributed by atoms with Gasteiger partial charge in [-0.1, -0.05) is 54.6 Å². The normalized spacial score (nSPS) is 10.2. The molecule has 0 aliphatic heterocycles. The first-order valence-electron chi connectivity index (χ1n) is 6.90. The van der Waals surface area contributed by atoms with Crippen molar-refractivity contribution in [3.8, 4) is 22.6 Å². The van der Waals surface area contributed by atoms with Crippen LogP contribution in [0.2, 0.25) is 0 Å². The molecule has 0 amide bonds. The van der Waals surface area contributed by atoms with Gasteiger partial charge in [0.2, 0.25) is 0 Å². The summed E-state index contributed by atoms with van der Waals surface area (Å²) < 4.78 is 5.68. The highest BCUT2D eigenvalue weighted by atomic mass is 16.5. The van der Waals surface area contributed by atoms with E-state index < -0.39 is 5.97 Å². The quantitative estimate of drug-likeness (QED) is 0.747. The molecule has 3 heteroatoms. The Bertz CT molecular complexity index is 780. The van der Waals surface area contributed by atoms with E-state index in [9.17, 15) is 9.90 Å². The zero-order valence-corrected chi connectivity index (χ0v) is 11.8. The molecule has 108 valence electrons. The van der Waals surface area contributed by atoms with Gasteiger partial charge in [-0.15, -0.1) is 0 Å². The molecule has 3 nitrogen and oxygen atoms in total. The summed E-state index contributed by atoms with van der Waals surface area (Å²) in [6.07, 6.45) is 0. The van der Waals surface area contributed by atoms with Crippen LogP contribution in [0, 0.1) is 0 Å². The predicted octanol–water partition coefficient (Wildman–Crippen LogP) is 4.84. The fraction of sp³-hybridized carbons (Fsp3) is 0. The van der Waals surface area contributed by atoms with Gasteiger partial charge in [0.15, 0.2) is 0 Å². The van der Waals surface area contributed by atoms with Gasteiger partial charge in [-0.3, -0.25) is 0 Å². The van der Waals surface area contributed by atoms with Crippen LogP contribution >= 0.6 is 0 Å². The smallest absolute Gasteiger partial charge is 0.339 e. The third kappa shape index (κ3) is 2.99. The number of benzene rings is 3. The summed E-state index contributed by atoms with van der Waals surface area (Å²) in [5.41, 5.74) is 1.96. The van der Waals surface area contributed by atoms with Crippen LogP contribution in [0.15, 0.2) is 78.9 Å². The van der Waals surface area contributed by atoms with Crippen LogP contribution in [0.4, 0.5) is 0 Å². The molecule has 0 radical (unpaired) electrons. The average molecular weight is 290 g/mol. The van der Waals surface area contributed by atoms with Gasteiger partial charge in [0.25, 0.3) is 0 Å². The van der Waals surface area contributed by atoms with E-state index in [0.717, 1.165) is 11.1 Å². The summed E-state index contributed by atoms with van der Waals surface area (Å²) in [5, 5.41) is 9.44. The van der Waals surface area contributed by atoms with Crippen molar-refractivity contribution in [2.45, 2.75) is 0 Å². The van der Waals surface area contributed by atoms with Crippen molar-refractivity contribution in [1.29, 1.82) is 0 Å². The van der Waals surface area contributed by atoms with Crippen LogP contribution in [-0.2, 0) is 0 Å². The van der Waals surface area contributed by atoms with Gasteiger partial charge in [0.1, 0.15) is 17.1 Å². The van der Waals surface area contributed by atoms with Gasteiger partial charge in [0.05, 0.1) is 0 Å². The molecule has 3 rings (SSSR count). The number of carbonyl (C=O) groups is 1. The zero-order valence-electron chi connectivity index (χ0n) is 11.8. The predicted molar refractivity (Wildman–Crippen MR) is 85.4 cm³/mol. The van der Waals surface area contributed by atoms with Crippen LogP contribution in [-0.4, -0.2) is 11.1 Å². The van der Waals surface area contributed by atoms with Crippen molar-refractivity contribution < 1.29 is 14.6 Å². The maximum absolute atomic E-state index is 11.5. The molecule has 0 heterocycles. The zero-order chi connectivity index (χ0) is 15.4. The SMILES string of the molecule is O=C(O)c1cc(-c2ccccc2)ccc1Oc1ccccc1. The lowest BCUT2D eigenvalue weighted by Gasteiger charge is -2.10. The molecule has 0 aliphatic carbocycles. The molecule has 3 aromatic rings. The molecule has 22 heavy (non-hydrogen) atoms. The second-order valence-corrected chi connectivity index (χ2v) is 4.80. The fourth-order valence-corrected chi connectivity index (χ4v) is 2.21. The minimum Gasteiger partial charge on any atom is -0.478 e. The van der Waals surface area contributed by atoms with E-state index in [1.807, 2.05) is 54.6 Å². The number of hydrogen-bond acceptors (Lipinski definition) is 2. The maximum atomic E-state index is 11.5. The Morgan fingerprint density at radius 2 is 1.41 bits per heavy atom. The molecule has 0 saturated carbocycles. The molecular formula is C19H14O3. The molecule has 0 unspecified atom stereocenters. The Labute approximate surface area is 128 Å². The number of aromatic carboxylic acids is 1. The number of carboxylic acid groups (broad SMARTS) is 1. The second-order valence-electron chi connectivity index (χ2n) is 4.80. The van der Waals surface area contributed by atoms with Crippen LogP contribution in [0.1, 0.15) is 10.4 Å². The first-order chi connectivity index (χ1) is 10.7. The minimum atomic E-state index is -1.01. The highest BCUT2D eigenvalue weighted by Crippen LogP contribution is 2.30. The van der Waals surface area contributed by atoms with Crippen molar-refractivity contribution in [2.24, 2.45) is 0 Å². The summed E-state index contributed by atoms with van der Waals surface area (Å²) >= 11 is 0. The highest BCUT2D eigenvalue weighted by molar-refractivity contribution is 5.92. The third-order valence-corrected chi connectivity index (χ3v) is 3.29. The van der Waals surface area contributed by atoms with Gasteiger partial charge in [-0.2, -0.15) is 0 Å². The maximum Gasteiger partial charge on any atom is 0.339 e. The van der Waals surface area contributed by atoms with E-state index in [0.29, 0.717) is 11.5 Å². The van der Waals surface area contributed by atoms with Gasteiger partial charge >= 0.3 is 5.97 Å². The van der Waals surface area contributed by atoms with E-state index in [-0.39, 0.29) is 5.56 Å². The number of rotatable bonds is 4. The van der Waals surface area contributed by atoms with Crippen molar-refractivity contribution in [3.05, 3.63) is 84.4 Å². The molecule has 0 spiro atoms. The molecule has 0 aromatic heterocycles. The minimum absolute atomic E-state index is 0.144. The second kappa shape index (κ2) is 6.14. The largest absolute Gasteiger partial charge is 0.478 e. The first-order valence-corrected chi connectivity index (χ1v) is 6.90. The summed E-state index contributed by atoms with van der Waals surface area (Å²) in [6, 6.07) is 24.0. The standard InChI is InChI=1S/C19H14O3/c20-19(21)17-13-15(14-7-3-1-4-8-14)11-12-18(17)22-16-9-5-2-6-10-16/h1-13H,(H,20,21). The van der Waals surface area contributed by atoms with Gasteiger partial charge in [-0.05, 0) is 35.4 Å². The van der Waals surface area contributed by atoms with Crippen molar-refractivity contribution in [1.82, 2.24) is 0 Å². The Morgan fingerprint density at radius 1 is 0.773 bits per heavy atom. The van der Waals surface area contributed by atoms with Gasteiger partial charge in [-0.25, -0.2) is 4.79 Å². The Hall–Kier alpha value is -3.07. The Kier molecular flexibility index (Phi) is 3.88. The van der Waals surface area contributed by atoms with Crippen molar-refractivity contribution in [3.63, 3.8) is 0 Å². The molecular weight excluding hydrogens is 276 g/mol. The number of hydrogen-bond donors (Lipinski definition) is 1. The fourth-order valence-electron chi connectivity index (χ4n) is 2.21. The lowest BCUT2D eigenvalue weighted by molar-refractivity contribution is 0.0694. The third-order valence-electron chi connectivity index (χ3n) is 3.29. The number of para-hydroxylation sites is 1. The van der Waals surface area contributed by atoms with Crippen molar-refractivity contribution >= 4 is 5.97 Å². The summed E-state index contributed by atoms with van der Waals surface area (Å²) in [6.45, 7) is 0. The van der Waals surface area contributed by atoms with E-state index in [1.165, 1.54) is 0 Å². The van der Waals surface area contributed by atoms with E-state index in [2.05, 4.69) is 0 Å². The van der Waals surface area contributed by atoms with Crippen LogP contribution < -0.4 is 4.74 Å². The van der Waals surface area contributed by atoms with Crippen molar-refractivity contribution in [2.75, 3.05) is 0 Å². The van der Waals surface area contributed by atoms with Crippen LogP contribution in [0.25, 0.3) is 11.1 Å². The topological polar surface area (TPSA) is 46.5 Å². The summed E-state index contributed by atoms with van der Waals surface area (Å²) in [4.78, 5) is 11.5. The van der Waals surface area contributed by atoms with Crippen LogP contribution in [0.3, 0.4) is 0 Å². The monoisotopic (exact) mass is 290 g/mol. The van der Waals surface area contributed by atoms with E-state index >= 15 is 0 Å². The number of ether oxygens (including phenoxy) is 1.